The Hall–Kier alpha value is -2.06. The number of nitrogens with one attached hydrogen (secondary N) is 1. The molecule has 0 heterocycles. The number of hydrogen-bond donors (Lipinski definition) is 2. The summed E-state index contributed by atoms with van der Waals surface area (Å²) in [6, 6.07) is 20.5. The predicted molar refractivity (Wildman–Crippen MR) is 121 cm³/mol. The number of sulfonamides is 1. The summed E-state index contributed by atoms with van der Waals surface area (Å²) in [4.78, 5) is 0. The molecule has 0 amide bonds. The molecule has 0 saturated carbocycles. The van der Waals surface area contributed by atoms with Crippen molar-refractivity contribution in [2.75, 3.05) is 0 Å². The fourth-order valence-electron chi connectivity index (χ4n) is 3.00. The SMILES string of the molecule is Cc1ccc(C)c(C)c1.N[C@H](c1ccccc1)[C@H](NS(=O)(=O)C(F)(F)F)c1ccccc1.[Ru]. The van der Waals surface area contributed by atoms with Crippen LogP contribution in [0.25, 0.3) is 0 Å². The molecular formula is C24H27F3N2O2RuS. The minimum Gasteiger partial charge on any atom is -0.322 e. The van der Waals surface area contributed by atoms with Crippen molar-refractivity contribution >= 4 is 10.0 Å². The number of alkyl halides is 3. The molecule has 0 aliphatic heterocycles. The van der Waals surface area contributed by atoms with Crippen LogP contribution in [0.15, 0.2) is 78.9 Å². The van der Waals surface area contributed by atoms with Crippen LogP contribution in [0.4, 0.5) is 13.2 Å². The fraction of sp³-hybridized carbons (Fsp3) is 0.250. The number of aryl methyl sites for hydroxylation is 3. The standard InChI is InChI=1S/C15H15F3N2O2S.C9H12.Ru/c16-15(17,18)23(21,22)20-14(12-9-5-2-6-10-12)13(19)11-7-3-1-4-8-11;1-7-4-5-8(2)9(3)6-7;/h1-10,13-14,20H,19H2;4-6H,1-3H3;/t13-,14-;;/m1../s1. The van der Waals surface area contributed by atoms with Crippen LogP contribution in [0.5, 0.6) is 0 Å². The van der Waals surface area contributed by atoms with E-state index in [1.165, 1.54) is 28.8 Å². The normalized spacial score (nSPS) is 13.2. The molecule has 3 N–H and O–H groups in total. The van der Waals surface area contributed by atoms with E-state index in [4.69, 9.17) is 5.73 Å². The van der Waals surface area contributed by atoms with Gasteiger partial charge in [-0.15, -0.1) is 0 Å². The molecule has 0 aliphatic carbocycles. The van der Waals surface area contributed by atoms with E-state index in [9.17, 15) is 21.6 Å². The van der Waals surface area contributed by atoms with Gasteiger partial charge in [-0.25, -0.2) is 8.42 Å². The molecule has 180 valence electrons. The number of hydrogen-bond acceptors (Lipinski definition) is 3. The molecule has 3 aromatic rings. The maximum Gasteiger partial charge on any atom is 0.511 e. The fourth-order valence-corrected chi connectivity index (χ4v) is 3.75. The van der Waals surface area contributed by atoms with Gasteiger partial charge in [0, 0.05) is 19.5 Å². The molecule has 0 saturated heterocycles. The van der Waals surface area contributed by atoms with Gasteiger partial charge >= 0.3 is 15.5 Å². The molecule has 0 radical (unpaired) electrons. The zero-order valence-electron chi connectivity index (χ0n) is 18.4. The van der Waals surface area contributed by atoms with Crippen LogP contribution in [-0.4, -0.2) is 13.9 Å². The smallest absolute Gasteiger partial charge is 0.322 e. The Morgan fingerprint density at radius 2 is 1.27 bits per heavy atom. The summed E-state index contributed by atoms with van der Waals surface area (Å²) in [5.41, 5.74) is 5.59. The van der Waals surface area contributed by atoms with Crippen LogP contribution in [0.2, 0.25) is 0 Å². The zero-order valence-corrected chi connectivity index (χ0v) is 21.0. The van der Waals surface area contributed by atoms with Crippen molar-refractivity contribution in [3.05, 3.63) is 107 Å². The third-order valence-corrected chi connectivity index (χ3v) is 6.13. The third-order valence-electron chi connectivity index (χ3n) is 4.95. The van der Waals surface area contributed by atoms with E-state index in [0.717, 1.165) is 0 Å². The average Bonchev–Trinajstić information content (AvgIpc) is 2.75. The van der Waals surface area contributed by atoms with Crippen LogP contribution in [0.3, 0.4) is 0 Å². The van der Waals surface area contributed by atoms with Crippen molar-refractivity contribution in [3.8, 4) is 0 Å². The molecule has 0 bridgehead atoms. The Morgan fingerprint density at radius 3 is 1.70 bits per heavy atom. The molecule has 33 heavy (non-hydrogen) atoms. The van der Waals surface area contributed by atoms with Gasteiger partial charge in [0.1, 0.15) is 0 Å². The maximum atomic E-state index is 12.7. The first kappa shape index (κ1) is 29.0. The molecule has 3 rings (SSSR count). The van der Waals surface area contributed by atoms with Gasteiger partial charge in [-0.2, -0.15) is 17.9 Å². The number of nitrogens with two attached hydrogens (primary N) is 1. The van der Waals surface area contributed by atoms with Gasteiger partial charge in [0.15, 0.2) is 0 Å². The van der Waals surface area contributed by atoms with Crippen molar-refractivity contribution in [2.24, 2.45) is 5.73 Å². The van der Waals surface area contributed by atoms with Gasteiger partial charge in [0.25, 0.3) is 0 Å². The van der Waals surface area contributed by atoms with Crippen LogP contribution >= 0.6 is 0 Å². The minimum atomic E-state index is -5.53. The summed E-state index contributed by atoms with van der Waals surface area (Å²) in [6.07, 6.45) is 0. The Balaban J connectivity index is 0.000000458. The quantitative estimate of drug-likeness (QED) is 0.403. The first-order chi connectivity index (χ1) is 14.9. The summed E-state index contributed by atoms with van der Waals surface area (Å²) in [6.45, 7) is 6.39. The van der Waals surface area contributed by atoms with Gasteiger partial charge in [0.2, 0.25) is 0 Å². The molecule has 0 spiro atoms. The minimum absolute atomic E-state index is 0. The average molecular weight is 566 g/mol. The Bertz CT molecular complexity index is 1110. The third kappa shape index (κ3) is 8.34. The van der Waals surface area contributed by atoms with E-state index in [0.29, 0.717) is 11.1 Å². The van der Waals surface area contributed by atoms with Crippen molar-refractivity contribution < 1.29 is 41.1 Å². The maximum absolute atomic E-state index is 12.7. The van der Waals surface area contributed by atoms with Gasteiger partial charge in [0.05, 0.1) is 12.1 Å². The van der Waals surface area contributed by atoms with E-state index in [-0.39, 0.29) is 19.5 Å². The molecular weight excluding hydrogens is 538 g/mol. The summed E-state index contributed by atoms with van der Waals surface area (Å²) in [5, 5.41) is 0. The largest absolute Gasteiger partial charge is 0.511 e. The van der Waals surface area contributed by atoms with E-state index < -0.39 is 27.6 Å². The summed E-state index contributed by atoms with van der Waals surface area (Å²) >= 11 is 0. The van der Waals surface area contributed by atoms with E-state index in [2.05, 4.69) is 39.0 Å². The number of halogens is 3. The van der Waals surface area contributed by atoms with Crippen molar-refractivity contribution in [2.45, 2.75) is 38.4 Å². The molecule has 0 fully saturated rings. The van der Waals surface area contributed by atoms with Gasteiger partial charge in [-0.1, -0.05) is 84.4 Å². The first-order valence-electron chi connectivity index (χ1n) is 9.90. The van der Waals surface area contributed by atoms with E-state index in [1.54, 1.807) is 53.3 Å². The Kier molecular flexibility index (Phi) is 10.9. The Morgan fingerprint density at radius 1 is 0.788 bits per heavy atom. The molecule has 3 aromatic carbocycles. The van der Waals surface area contributed by atoms with Crippen LogP contribution in [-0.2, 0) is 29.5 Å². The molecule has 2 atom stereocenters. The Labute approximate surface area is 206 Å². The summed E-state index contributed by atoms with van der Waals surface area (Å²) in [5.74, 6) is 0. The van der Waals surface area contributed by atoms with Gasteiger partial charge in [-0.3, -0.25) is 0 Å². The molecule has 0 aromatic heterocycles. The second-order valence-corrected chi connectivity index (χ2v) is 9.19. The van der Waals surface area contributed by atoms with Gasteiger partial charge < -0.3 is 5.73 Å². The van der Waals surface area contributed by atoms with Crippen LogP contribution < -0.4 is 10.5 Å². The van der Waals surface area contributed by atoms with E-state index >= 15 is 0 Å². The zero-order chi connectivity index (χ0) is 23.9. The molecule has 0 aliphatic rings. The van der Waals surface area contributed by atoms with Gasteiger partial charge in [-0.05, 0) is 43.0 Å². The summed E-state index contributed by atoms with van der Waals surface area (Å²) < 4.78 is 62.7. The predicted octanol–water partition coefficient (Wildman–Crippen LogP) is 5.48. The van der Waals surface area contributed by atoms with Crippen molar-refractivity contribution in [3.63, 3.8) is 0 Å². The van der Waals surface area contributed by atoms with E-state index in [1.807, 2.05) is 0 Å². The second-order valence-electron chi connectivity index (χ2n) is 7.48. The monoisotopic (exact) mass is 566 g/mol. The summed E-state index contributed by atoms with van der Waals surface area (Å²) in [7, 11) is -5.53. The second kappa shape index (κ2) is 12.4. The topological polar surface area (TPSA) is 72.2 Å². The molecule has 0 unspecified atom stereocenters. The first-order valence-corrected chi connectivity index (χ1v) is 11.4. The molecule has 4 nitrogen and oxygen atoms in total. The number of benzene rings is 3. The van der Waals surface area contributed by atoms with Crippen molar-refractivity contribution in [1.82, 2.24) is 4.72 Å². The molecule has 9 heteroatoms. The number of rotatable bonds is 5. The van der Waals surface area contributed by atoms with Crippen LogP contribution in [0.1, 0.15) is 39.9 Å². The van der Waals surface area contributed by atoms with Crippen LogP contribution in [0, 0.1) is 20.8 Å². The van der Waals surface area contributed by atoms with Crippen molar-refractivity contribution in [1.29, 1.82) is 0 Å².